The van der Waals surface area contributed by atoms with Gasteiger partial charge in [0.05, 0.1) is 11.4 Å². The number of pyridine rings is 1. The third kappa shape index (κ3) is 4.60. The van der Waals surface area contributed by atoms with Crippen molar-refractivity contribution in [3.63, 3.8) is 0 Å². The fourth-order valence-corrected chi connectivity index (χ4v) is 4.85. The van der Waals surface area contributed by atoms with Gasteiger partial charge >= 0.3 is 0 Å². The zero-order valence-electron chi connectivity index (χ0n) is 14.6. The number of amides is 1. The molecule has 3 rings (SSSR count). The Morgan fingerprint density at radius 2 is 2.04 bits per heavy atom. The van der Waals surface area contributed by atoms with Crippen LogP contribution in [0.1, 0.15) is 31.2 Å². The predicted molar refractivity (Wildman–Crippen MR) is 100 cm³/mol. The molecule has 26 heavy (non-hydrogen) atoms. The molecule has 7 heteroatoms. The summed E-state index contributed by atoms with van der Waals surface area (Å²) in [5.74, 6) is 0.298. The maximum Gasteiger partial charge on any atom is 0.239 e. The molecule has 1 aliphatic carbocycles. The van der Waals surface area contributed by atoms with Crippen LogP contribution in [0.5, 0.6) is 11.5 Å². The Kier molecular flexibility index (Phi) is 5.56. The van der Waals surface area contributed by atoms with Gasteiger partial charge in [0, 0.05) is 11.9 Å². The SMILES string of the molecule is Cc1cc(NC(=O)CS(=O)(=O)C2CCCC2)ccc1Oc1cccnc1. The first-order chi connectivity index (χ1) is 12.4. The van der Waals surface area contributed by atoms with Crippen LogP contribution in [0.3, 0.4) is 0 Å². The number of hydrogen-bond acceptors (Lipinski definition) is 5. The minimum absolute atomic E-state index is 0.370. The maximum atomic E-state index is 12.3. The van der Waals surface area contributed by atoms with Crippen LogP contribution < -0.4 is 10.1 Å². The van der Waals surface area contributed by atoms with E-state index in [0.717, 1.165) is 18.4 Å². The van der Waals surface area contributed by atoms with Gasteiger partial charge < -0.3 is 10.1 Å². The van der Waals surface area contributed by atoms with E-state index in [2.05, 4.69) is 10.3 Å². The number of anilines is 1. The first-order valence-electron chi connectivity index (χ1n) is 8.64. The van der Waals surface area contributed by atoms with E-state index < -0.39 is 21.5 Å². The number of ether oxygens (including phenoxy) is 1. The third-order valence-corrected chi connectivity index (χ3v) is 6.61. The quantitative estimate of drug-likeness (QED) is 0.837. The van der Waals surface area contributed by atoms with E-state index in [1.807, 2.05) is 6.92 Å². The zero-order valence-corrected chi connectivity index (χ0v) is 15.5. The van der Waals surface area contributed by atoms with Gasteiger partial charge in [-0.3, -0.25) is 9.78 Å². The summed E-state index contributed by atoms with van der Waals surface area (Å²) in [7, 11) is -3.38. The zero-order chi connectivity index (χ0) is 18.6. The third-order valence-electron chi connectivity index (χ3n) is 4.46. The molecule has 2 aromatic rings. The minimum atomic E-state index is -3.38. The molecule has 1 heterocycles. The number of carbonyl (C=O) groups excluding carboxylic acids is 1. The Morgan fingerprint density at radius 1 is 1.27 bits per heavy atom. The van der Waals surface area contributed by atoms with Crippen molar-refractivity contribution < 1.29 is 17.9 Å². The summed E-state index contributed by atoms with van der Waals surface area (Å²) in [4.78, 5) is 16.1. The van der Waals surface area contributed by atoms with Gasteiger partial charge in [0.25, 0.3) is 0 Å². The molecule has 1 amide bonds. The fourth-order valence-electron chi connectivity index (χ4n) is 3.12. The van der Waals surface area contributed by atoms with Crippen molar-refractivity contribution in [3.8, 4) is 11.5 Å². The van der Waals surface area contributed by atoms with Crippen LogP contribution in [-0.4, -0.2) is 30.3 Å². The lowest BCUT2D eigenvalue weighted by Crippen LogP contribution is -2.29. The van der Waals surface area contributed by atoms with Crippen LogP contribution in [0, 0.1) is 6.92 Å². The second kappa shape index (κ2) is 7.86. The van der Waals surface area contributed by atoms with E-state index in [0.29, 0.717) is 30.0 Å². The molecule has 0 unspecified atom stereocenters. The van der Waals surface area contributed by atoms with Gasteiger partial charge in [-0.25, -0.2) is 8.42 Å². The van der Waals surface area contributed by atoms with Crippen LogP contribution in [0.2, 0.25) is 0 Å². The van der Waals surface area contributed by atoms with Crippen LogP contribution >= 0.6 is 0 Å². The highest BCUT2D eigenvalue weighted by molar-refractivity contribution is 7.92. The van der Waals surface area contributed by atoms with E-state index in [4.69, 9.17) is 4.74 Å². The molecule has 0 radical (unpaired) electrons. The van der Waals surface area contributed by atoms with E-state index in [-0.39, 0.29) is 5.25 Å². The molecule has 6 nitrogen and oxygen atoms in total. The number of sulfone groups is 1. The molecule has 1 aromatic carbocycles. The number of nitrogens with one attached hydrogen (secondary N) is 1. The second-order valence-corrected chi connectivity index (χ2v) is 8.81. The first-order valence-corrected chi connectivity index (χ1v) is 10.4. The van der Waals surface area contributed by atoms with Crippen molar-refractivity contribution in [2.24, 2.45) is 0 Å². The highest BCUT2D eigenvalue weighted by atomic mass is 32.2. The smallest absolute Gasteiger partial charge is 0.239 e. The van der Waals surface area contributed by atoms with Gasteiger partial charge in [0.15, 0.2) is 9.84 Å². The molecular weight excluding hydrogens is 352 g/mol. The van der Waals surface area contributed by atoms with E-state index in [1.54, 1.807) is 42.7 Å². The van der Waals surface area contributed by atoms with Crippen molar-refractivity contribution in [1.29, 1.82) is 0 Å². The normalized spacial score (nSPS) is 15.0. The van der Waals surface area contributed by atoms with Crippen molar-refractivity contribution in [2.45, 2.75) is 37.9 Å². The average Bonchev–Trinajstić information content (AvgIpc) is 3.13. The van der Waals surface area contributed by atoms with Gasteiger partial charge in [-0.1, -0.05) is 12.8 Å². The van der Waals surface area contributed by atoms with Gasteiger partial charge in [0.2, 0.25) is 5.91 Å². The minimum Gasteiger partial charge on any atom is -0.455 e. The molecule has 0 aliphatic heterocycles. The van der Waals surface area contributed by atoms with Crippen LogP contribution in [-0.2, 0) is 14.6 Å². The lowest BCUT2D eigenvalue weighted by atomic mass is 10.2. The number of rotatable bonds is 6. The van der Waals surface area contributed by atoms with E-state index in [1.165, 1.54) is 0 Å². The summed E-state index contributed by atoms with van der Waals surface area (Å²) >= 11 is 0. The Morgan fingerprint density at radius 3 is 2.69 bits per heavy atom. The summed E-state index contributed by atoms with van der Waals surface area (Å²) in [5, 5.41) is 2.30. The molecule has 0 saturated heterocycles. The molecule has 1 saturated carbocycles. The van der Waals surface area contributed by atoms with Crippen molar-refractivity contribution in [3.05, 3.63) is 48.3 Å². The summed E-state index contributed by atoms with van der Waals surface area (Å²) in [6, 6.07) is 8.77. The van der Waals surface area contributed by atoms with E-state index in [9.17, 15) is 13.2 Å². The molecule has 0 atom stereocenters. The summed E-state index contributed by atoms with van der Waals surface area (Å²) < 4.78 is 30.3. The summed E-state index contributed by atoms with van der Waals surface area (Å²) in [6.07, 6.45) is 6.44. The highest BCUT2D eigenvalue weighted by Crippen LogP contribution is 2.27. The Balaban J connectivity index is 1.63. The summed E-state index contributed by atoms with van der Waals surface area (Å²) in [6.45, 7) is 1.86. The summed E-state index contributed by atoms with van der Waals surface area (Å²) in [5.41, 5.74) is 1.37. The molecular formula is C19H22N2O4S. The highest BCUT2D eigenvalue weighted by Gasteiger charge is 2.30. The average molecular weight is 374 g/mol. The Bertz CT molecular complexity index is 876. The van der Waals surface area contributed by atoms with Crippen LogP contribution in [0.4, 0.5) is 5.69 Å². The molecule has 1 fully saturated rings. The monoisotopic (exact) mass is 374 g/mol. The van der Waals surface area contributed by atoms with E-state index >= 15 is 0 Å². The van der Waals surface area contributed by atoms with Gasteiger partial charge in [-0.15, -0.1) is 0 Å². The standard InChI is InChI=1S/C19H22N2O4S/c1-14-11-15(8-9-18(14)25-16-5-4-10-20-12-16)21-19(22)13-26(23,24)17-6-2-3-7-17/h4-5,8-12,17H,2-3,6-7,13H2,1H3,(H,21,22). The number of aryl methyl sites for hydroxylation is 1. The van der Waals surface area contributed by atoms with Crippen LogP contribution in [0.15, 0.2) is 42.7 Å². The Labute approximate surface area is 153 Å². The van der Waals surface area contributed by atoms with Crippen LogP contribution in [0.25, 0.3) is 0 Å². The van der Waals surface area contributed by atoms with Gasteiger partial charge in [0.1, 0.15) is 17.3 Å². The Hall–Kier alpha value is -2.41. The number of carbonyl (C=O) groups is 1. The van der Waals surface area contributed by atoms with Crippen molar-refractivity contribution >= 4 is 21.4 Å². The fraction of sp³-hybridized carbons (Fsp3) is 0.368. The van der Waals surface area contributed by atoms with Gasteiger partial charge in [-0.2, -0.15) is 0 Å². The molecule has 1 N–H and O–H groups in total. The predicted octanol–water partition coefficient (Wildman–Crippen LogP) is 3.48. The largest absolute Gasteiger partial charge is 0.455 e. The number of benzene rings is 1. The second-order valence-electron chi connectivity index (χ2n) is 6.53. The molecule has 138 valence electrons. The van der Waals surface area contributed by atoms with Gasteiger partial charge in [-0.05, 0) is 55.7 Å². The number of nitrogens with zero attached hydrogens (tertiary/aromatic N) is 1. The number of aromatic nitrogens is 1. The molecule has 1 aromatic heterocycles. The topological polar surface area (TPSA) is 85.4 Å². The van der Waals surface area contributed by atoms with Crippen molar-refractivity contribution in [2.75, 3.05) is 11.1 Å². The maximum absolute atomic E-state index is 12.3. The molecule has 0 spiro atoms. The lowest BCUT2D eigenvalue weighted by Gasteiger charge is -2.13. The number of hydrogen-bond donors (Lipinski definition) is 1. The first kappa shape index (κ1) is 18.4. The molecule has 0 bridgehead atoms. The van der Waals surface area contributed by atoms with Crippen molar-refractivity contribution in [1.82, 2.24) is 4.98 Å². The lowest BCUT2D eigenvalue weighted by molar-refractivity contribution is -0.113. The molecule has 1 aliphatic rings.